The fraction of sp³-hybridized carbons (Fsp3) is 0.368. The second-order valence-corrected chi connectivity index (χ2v) is 7.71. The Morgan fingerprint density at radius 3 is 2.60 bits per heavy atom. The van der Waals surface area contributed by atoms with Crippen molar-refractivity contribution in [3.05, 3.63) is 46.8 Å². The molecule has 25 heavy (non-hydrogen) atoms. The van der Waals surface area contributed by atoms with E-state index in [9.17, 15) is 9.59 Å². The highest BCUT2D eigenvalue weighted by Crippen LogP contribution is 2.31. The van der Waals surface area contributed by atoms with Gasteiger partial charge < -0.3 is 15.4 Å². The van der Waals surface area contributed by atoms with Gasteiger partial charge >= 0.3 is 0 Å². The van der Waals surface area contributed by atoms with Crippen LogP contribution in [-0.2, 0) is 0 Å². The molecule has 0 spiro atoms. The third-order valence-corrected chi connectivity index (χ3v) is 5.86. The Bertz CT molecular complexity index is 799. The number of benzene rings is 1. The summed E-state index contributed by atoms with van der Waals surface area (Å²) < 4.78 is 5.78. The predicted octanol–water partition coefficient (Wildman–Crippen LogP) is 3.37. The lowest BCUT2D eigenvalue weighted by atomic mass is 9.95. The van der Waals surface area contributed by atoms with Crippen molar-refractivity contribution in [2.45, 2.75) is 44.3 Å². The van der Waals surface area contributed by atoms with E-state index in [2.05, 4.69) is 10.6 Å². The summed E-state index contributed by atoms with van der Waals surface area (Å²) in [6.45, 7) is 1.53. The molecule has 3 atom stereocenters. The Labute approximate surface area is 150 Å². The molecule has 0 aliphatic carbocycles. The average molecular weight is 356 g/mol. The summed E-state index contributed by atoms with van der Waals surface area (Å²) in [4.78, 5) is 24.4. The van der Waals surface area contributed by atoms with E-state index in [1.54, 1.807) is 36.4 Å². The molecule has 1 aromatic carbocycles. The van der Waals surface area contributed by atoms with Crippen LogP contribution in [0, 0.1) is 0 Å². The van der Waals surface area contributed by atoms with Crippen molar-refractivity contribution in [1.82, 2.24) is 10.6 Å². The number of Topliss-reactive ketones (excluding diaryl/α,β-unsaturated/α-hetero) is 1. The fourth-order valence-electron chi connectivity index (χ4n) is 3.59. The van der Waals surface area contributed by atoms with Gasteiger partial charge in [-0.05, 0) is 62.6 Å². The number of hydrogen-bond acceptors (Lipinski definition) is 5. The van der Waals surface area contributed by atoms with Gasteiger partial charge in [0.25, 0.3) is 5.91 Å². The third kappa shape index (κ3) is 3.45. The maximum atomic E-state index is 12.4. The van der Waals surface area contributed by atoms with Crippen LogP contribution in [0.1, 0.15) is 46.2 Å². The third-order valence-electron chi connectivity index (χ3n) is 4.90. The first-order valence-corrected chi connectivity index (χ1v) is 9.36. The maximum Gasteiger partial charge on any atom is 0.261 e. The van der Waals surface area contributed by atoms with E-state index in [1.165, 1.54) is 24.7 Å². The fourth-order valence-corrected chi connectivity index (χ4v) is 4.37. The number of thiophene rings is 1. The summed E-state index contributed by atoms with van der Waals surface area (Å²) >= 11 is 1.33. The van der Waals surface area contributed by atoms with Gasteiger partial charge in [0, 0.05) is 23.7 Å². The molecule has 5 nitrogen and oxygen atoms in total. The molecule has 0 saturated carbocycles. The molecular weight excluding hydrogens is 336 g/mol. The van der Waals surface area contributed by atoms with Gasteiger partial charge in [-0.1, -0.05) is 11.3 Å². The van der Waals surface area contributed by atoms with Gasteiger partial charge in [-0.25, -0.2) is 0 Å². The topological polar surface area (TPSA) is 67.4 Å². The number of ether oxygens (including phenoxy) is 1. The van der Waals surface area contributed by atoms with E-state index in [-0.39, 0.29) is 17.7 Å². The molecular formula is C19H20N2O3S. The molecule has 2 aromatic rings. The normalized spacial score (nSPS) is 24.3. The van der Waals surface area contributed by atoms with Crippen molar-refractivity contribution >= 4 is 23.0 Å². The second-order valence-electron chi connectivity index (χ2n) is 6.66. The van der Waals surface area contributed by atoms with Crippen molar-refractivity contribution in [2.75, 3.05) is 0 Å². The van der Waals surface area contributed by atoms with E-state index in [4.69, 9.17) is 4.74 Å². The van der Waals surface area contributed by atoms with Crippen LogP contribution in [0.3, 0.4) is 0 Å². The van der Waals surface area contributed by atoms with Gasteiger partial charge in [0.1, 0.15) is 5.75 Å². The Morgan fingerprint density at radius 2 is 1.96 bits per heavy atom. The van der Waals surface area contributed by atoms with E-state index in [1.807, 2.05) is 0 Å². The lowest BCUT2D eigenvalue weighted by Crippen LogP contribution is -2.42. The zero-order valence-corrected chi connectivity index (χ0v) is 14.8. The molecule has 130 valence electrons. The zero-order chi connectivity index (χ0) is 17.4. The van der Waals surface area contributed by atoms with Crippen LogP contribution >= 0.6 is 11.3 Å². The molecule has 2 N–H and O–H groups in total. The van der Waals surface area contributed by atoms with Crippen molar-refractivity contribution in [3.63, 3.8) is 0 Å². The van der Waals surface area contributed by atoms with Crippen LogP contribution in [0.4, 0.5) is 0 Å². The van der Waals surface area contributed by atoms with E-state index in [0.717, 1.165) is 12.8 Å². The van der Waals surface area contributed by atoms with Crippen LogP contribution in [-0.4, -0.2) is 29.8 Å². The maximum absolute atomic E-state index is 12.4. The molecule has 2 aliphatic heterocycles. The summed E-state index contributed by atoms with van der Waals surface area (Å²) in [7, 11) is 0. The smallest absolute Gasteiger partial charge is 0.261 e. The minimum atomic E-state index is -0.0360. The first-order chi connectivity index (χ1) is 12.1. The standard InChI is InChI=1S/C19H20N2O3S/c1-11(22)12-2-5-14(6-3-12)24-18-9-8-17(25-18)19(23)21-16-10-13-4-7-15(16)20-13/h2-3,5-6,8-9,13,15-16,20H,4,7,10H2,1H3,(H,21,23). The van der Waals surface area contributed by atoms with Gasteiger partial charge in [0.15, 0.2) is 10.8 Å². The van der Waals surface area contributed by atoms with E-state index < -0.39 is 0 Å². The molecule has 3 unspecified atom stereocenters. The summed E-state index contributed by atoms with van der Waals surface area (Å²) in [5, 5.41) is 7.32. The molecule has 2 fully saturated rings. The summed E-state index contributed by atoms with van der Waals surface area (Å²) in [6, 6.07) is 11.8. The number of carbonyl (C=O) groups is 2. The van der Waals surface area contributed by atoms with Crippen molar-refractivity contribution in [1.29, 1.82) is 0 Å². The summed E-state index contributed by atoms with van der Waals surface area (Å²) in [6.07, 6.45) is 3.38. The molecule has 2 aliphatic rings. The molecule has 6 heteroatoms. The van der Waals surface area contributed by atoms with Gasteiger partial charge in [0.05, 0.1) is 4.88 Å². The molecule has 2 bridgehead atoms. The Balaban J connectivity index is 1.38. The highest BCUT2D eigenvalue weighted by molar-refractivity contribution is 7.15. The van der Waals surface area contributed by atoms with E-state index >= 15 is 0 Å². The van der Waals surface area contributed by atoms with Crippen LogP contribution in [0.15, 0.2) is 36.4 Å². The minimum Gasteiger partial charge on any atom is -0.447 e. The van der Waals surface area contributed by atoms with Crippen LogP contribution < -0.4 is 15.4 Å². The second kappa shape index (κ2) is 6.61. The molecule has 0 radical (unpaired) electrons. The Hall–Kier alpha value is -2.18. The van der Waals surface area contributed by atoms with Crippen LogP contribution in [0.2, 0.25) is 0 Å². The first kappa shape index (κ1) is 16.3. The van der Waals surface area contributed by atoms with Crippen LogP contribution in [0.25, 0.3) is 0 Å². The Morgan fingerprint density at radius 1 is 1.16 bits per heavy atom. The van der Waals surface area contributed by atoms with Crippen molar-refractivity contribution < 1.29 is 14.3 Å². The quantitative estimate of drug-likeness (QED) is 0.806. The number of hydrogen-bond donors (Lipinski definition) is 2. The number of carbonyl (C=O) groups excluding carboxylic acids is 2. The largest absolute Gasteiger partial charge is 0.447 e. The molecule has 3 heterocycles. The molecule has 1 amide bonds. The molecule has 4 rings (SSSR count). The average Bonchev–Trinajstić information content (AvgIpc) is 3.32. The van der Waals surface area contributed by atoms with Crippen LogP contribution in [0.5, 0.6) is 10.8 Å². The van der Waals surface area contributed by atoms with Crippen molar-refractivity contribution in [2.24, 2.45) is 0 Å². The number of ketones is 1. The van der Waals surface area contributed by atoms with Gasteiger partial charge in [-0.2, -0.15) is 0 Å². The first-order valence-electron chi connectivity index (χ1n) is 8.54. The highest BCUT2D eigenvalue weighted by atomic mass is 32.1. The van der Waals surface area contributed by atoms with Gasteiger partial charge in [-0.3, -0.25) is 9.59 Å². The molecule has 2 saturated heterocycles. The zero-order valence-electron chi connectivity index (χ0n) is 14.0. The number of rotatable bonds is 5. The lowest BCUT2D eigenvalue weighted by Gasteiger charge is -2.20. The highest BCUT2D eigenvalue weighted by Gasteiger charge is 2.39. The number of nitrogens with one attached hydrogen (secondary N) is 2. The predicted molar refractivity (Wildman–Crippen MR) is 96.7 cm³/mol. The Kier molecular flexibility index (Phi) is 4.31. The number of amides is 1. The summed E-state index contributed by atoms with van der Waals surface area (Å²) in [5.41, 5.74) is 0.651. The van der Waals surface area contributed by atoms with Gasteiger partial charge in [0.2, 0.25) is 0 Å². The summed E-state index contributed by atoms with van der Waals surface area (Å²) in [5.74, 6) is 0.638. The van der Waals surface area contributed by atoms with E-state index in [0.29, 0.717) is 33.3 Å². The minimum absolute atomic E-state index is 0.0248. The molecule has 1 aromatic heterocycles. The van der Waals surface area contributed by atoms with Gasteiger partial charge in [-0.15, -0.1) is 0 Å². The SMILES string of the molecule is CC(=O)c1ccc(Oc2ccc(C(=O)NC3CC4CCC3N4)s2)cc1. The van der Waals surface area contributed by atoms with Crippen molar-refractivity contribution in [3.8, 4) is 10.8 Å². The lowest BCUT2D eigenvalue weighted by molar-refractivity contribution is 0.0934. The number of fused-ring (bicyclic) bond motifs is 2. The monoisotopic (exact) mass is 356 g/mol.